The maximum Gasteiger partial charge on any atom is 0.324 e. The maximum absolute atomic E-state index is 13.2. The van der Waals surface area contributed by atoms with E-state index in [1.807, 2.05) is 84.6 Å². The Morgan fingerprint density at radius 3 is 2.24 bits per heavy atom. The second kappa shape index (κ2) is 10.3. The van der Waals surface area contributed by atoms with E-state index in [0.29, 0.717) is 25.9 Å². The van der Waals surface area contributed by atoms with Crippen LogP contribution in [-0.2, 0) is 4.79 Å². The van der Waals surface area contributed by atoms with Crippen LogP contribution in [0.3, 0.4) is 0 Å². The zero-order valence-corrected chi connectivity index (χ0v) is 19.1. The number of aryl methyl sites for hydroxylation is 1. The van der Waals surface area contributed by atoms with Gasteiger partial charge in [0.05, 0.1) is 11.7 Å². The van der Waals surface area contributed by atoms with Crippen molar-refractivity contribution in [1.82, 2.24) is 15.2 Å². The molecule has 1 unspecified atom stereocenters. The number of para-hydroxylation sites is 1. The fourth-order valence-corrected chi connectivity index (χ4v) is 4.32. The fourth-order valence-electron chi connectivity index (χ4n) is 4.32. The van der Waals surface area contributed by atoms with Gasteiger partial charge in [-0.1, -0.05) is 54.6 Å². The van der Waals surface area contributed by atoms with E-state index in [9.17, 15) is 9.59 Å². The zero-order valence-electron chi connectivity index (χ0n) is 19.1. The van der Waals surface area contributed by atoms with Gasteiger partial charge in [0.25, 0.3) is 0 Å². The minimum atomic E-state index is -0.302. The Hall–Kier alpha value is -3.67. The molecule has 0 spiro atoms. The maximum atomic E-state index is 13.2. The lowest BCUT2D eigenvalue weighted by molar-refractivity contribution is -0.126. The number of amides is 3. The highest BCUT2D eigenvalue weighted by atomic mass is 16.2. The van der Waals surface area contributed by atoms with Gasteiger partial charge in [0, 0.05) is 37.9 Å². The molecule has 6 nitrogen and oxygen atoms in total. The molecule has 170 valence electrons. The molecule has 1 aliphatic rings. The molecule has 1 aliphatic heterocycles. The number of hydrogen-bond donors (Lipinski definition) is 1. The summed E-state index contributed by atoms with van der Waals surface area (Å²) in [7, 11) is 1.79. The van der Waals surface area contributed by atoms with Crippen LogP contribution in [0, 0.1) is 12.8 Å². The van der Waals surface area contributed by atoms with Gasteiger partial charge in [-0.15, -0.1) is 0 Å². The molecular formula is C27H30N4O2. The molecule has 2 heterocycles. The smallest absolute Gasteiger partial charge is 0.324 e. The van der Waals surface area contributed by atoms with Crippen LogP contribution in [0.25, 0.3) is 0 Å². The van der Waals surface area contributed by atoms with Crippen molar-refractivity contribution in [3.8, 4) is 0 Å². The van der Waals surface area contributed by atoms with Crippen LogP contribution in [0.5, 0.6) is 0 Å². The molecule has 1 N–H and O–H groups in total. The van der Waals surface area contributed by atoms with Gasteiger partial charge >= 0.3 is 6.03 Å². The number of hydrogen-bond acceptors (Lipinski definition) is 3. The van der Waals surface area contributed by atoms with Gasteiger partial charge in [-0.2, -0.15) is 0 Å². The molecular weight excluding hydrogens is 412 g/mol. The van der Waals surface area contributed by atoms with Crippen LogP contribution in [0.15, 0.2) is 79.0 Å². The summed E-state index contributed by atoms with van der Waals surface area (Å²) in [5, 5.41) is 3.24. The van der Waals surface area contributed by atoms with Crippen molar-refractivity contribution in [3.05, 3.63) is 95.8 Å². The van der Waals surface area contributed by atoms with E-state index < -0.39 is 0 Å². The molecule has 4 rings (SSSR count). The summed E-state index contributed by atoms with van der Waals surface area (Å²) in [6.45, 7) is 3.14. The summed E-state index contributed by atoms with van der Waals surface area (Å²) in [5.41, 5.74) is 3.76. The van der Waals surface area contributed by atoms with Gasteiger partial charge in [-0.3, -0.25) is 14.7 Å². The Labute approximate surface area is 195 Å². The summed E-state index contributed by atoms with van der Waals surface area (Å²) in [6, 6.07) is 23.1. The number of anilines is 1. The molecule has 1 atom stereocenters. The molecule has 3 aromatic rings. The number of piperidine rings is 1. The van der Waals surface area contributed by atoms with E-state index in [1.165, 1.54) is 0 Å². The predicted octanol–water partition coefficient (Wildman–Crippen LogP) is 4.56. The average Bonchev–Trinajstić information content (AvgIpc) is 2.88. The summed E-state index contributed by atoms with van der Waals surface area (Å²) >= 11 is 0. The number of likely N-dealkylation sites (tertiary alicyclic amines) is 1. The Bertz CT molecular complexity index is 1080. The van der Waals surface area contributed by atoms with E-state index >= 15 is 0 Å². The minimum Gasteiger partial charge on any atom is -0.343 e. The number of benzene rings is 2. The first kappa shape index (κ1) is 22.5. The second-order valence-electron chi connectivity index (χ2n) is 8.50. The second-order valence-corrected chi connectivity index (χ2v) is 8.50. The highest BCUT2D eigenvalue weighted by molar-refractivity contribution is 5.91. The quantitative estimate of drug-likeness (QED) is 0.630. The minimum absolute atomic E-state index is 0.0115. The fraction of sp³-hybridized carbons (Fsp3) is 0.296. The number of carbonyl (C=O) groups excluding carboxylic acids is 2. The Morgan fingerprint density at radius 1 is 0.970 bits per heavy atom. The Morgan fingerprint density at radius 2 is 1.61 bits per heavy atom. The van der Waals surface area contributed by atoms with E-state index in [2.05, 4.69) is 10.3 Å². The average molecular weight is 443 g/mol. The van der Waals surface area contributed by atoms with Crippen LogP contribution in [0.4, 0.5) is 10.5 Å². The molecule has 0 radical (unpaired) electrons. The number of carbonyl (C=O) groups is 2. The van der Waals surface area contributed by atoms with Gasteiger partial charge in [-0.25, -0.2) is 4.79 Å². The molecule has 0 saturated carbocycles. The lowest BCUT2D eigenvalue weighted by atomic mass is 9.94. The van der Waals surface area contributed by atoms with E-state index in [4.69, 9.17) is 0 Å². The lowest BCUT2D eigenvalue weighted by Crippen LogP contribution is -2.48. The lowest BCUT2D eigenvalue weighted by Gasteiger charge is -2.34. The van der Waals surface area contributed by atoms with Crippen LogP contribution in [0.1, 0.15) is 35.7 Å². The van der Waals surface area contributed by atoms with Crippen LogP contribution in [0.2, 0.25) is 0 Å². The molecule has 2 aromatic carbocycles. The van der Waals surface area contributed by atoms with Crippen molar-refractivity contribution in [3.63, 3.8) is 0 Å². The summed E-state index contributed by atoms with van der Waals surface area (Å²) in [5.74, 6) is -0.122. The van der Waals surface area contributed by atoms with Crippen LogP contribution < -0.4 is 10.2 Å². The first-order valence-corrected chi connectivity index (χ1v) is 11.4. The summed E-state index contributed by atoms with van der Waals surface area (Å²) < 4.78 is 0. The van der Waals surface area contributed by atoms with Gasteiger partial charge < -0.3 is 10.2 Å². The first-order chi connectivity index (χ1) is 16.0. The monoisotopic (exact) mass is 442 g/mol. The van der Waals surface area contributed by atoms with Crippen LogP contribution in [-0.4, -0.2) is 42.0 Å². The standard InChI is InChI=1S/C27H30N4O2/c1-20-10-9-17-28-24(20)25(21-11-5-3-6-12-21)29-26(32)22-15-18-31(19-16-22)27(33)30(2)23-13-7-4-8-14-23/h3-14,17,22,25H,15-16,18-19H2,1-2H3,(H,29,32). The van der Waals surface area contributed by atoms with Crippen molar-refractivity contribution < 1.29 is 9.59 Å². The molecule has 1 saturated heterocycles. The van der Waals surface area contributed by atoms with E-state index in [-0.39, 0.29) is 23.9 Å². The Kier molecular flexibility index (Phi) is 7.03. The zero-order chi connectivity index (χ0) is 23.2. The molecule has 3 amide bonds. The third-order valence-corrected chi connectivity index (χ3v) is 6.31. The van der Waals surface area contributed by atoms with Gasteiger partial charge in [-0.05, 0) is 49.1 Å². The SMILES string of the molecule is Cc1cccnc1C(NC(=O)C1CCN(C(=O)N(C)c2ccccc2)CC1)c1ccccc1. The van der Waals surface area contributed by atoms with E-state index in [1.54, 1.807) is 18.1 Å². The summed E-state index contributed by atoms with van der Waals surface area (Å²) in [6.07, 6.45) is 3.05. The number of aromatic nitrogens is 1. The summed E-state index contributed by atoms with van der Waals surface area (Å²) in [4.78, 5) is 34.2. The molecule has 1 aromatic heterocycles. The van der Waals surface area contributed by atoms with Crippen molar-refractivity contribution in [2.45, 2.75) is 25.8 Å². The van der Waals surface area contributed by atoms with Crippen molar-refractivity contribution in [2.75, 3.05) is 25.0 Å². The predicted molar refractivity (Wildman–Crippen MR) is 130 cm³/mol. The third kappa shape index (κ3) is 5.22. The number of urea groups is 1. The third-order valence-electron chi connectivity index (χ3n) is 6.31. The topological polar surface area (TPSA) is 65.5 Å². The van der Waals surface area contributed by atoms with Crippen molar-refractivity contribution in [1.29, 1.82) is 0 Å². The number of nitrogens with zero attached hydrogens (tertiary/aromatic N) is 3. The molecule has 0 aliphatic carbocycles. The number of pyridine rings is 1. The molecule has 1 fully saturated rings. The van der Waals surface area contributed by atoms with Crippen LogP contribution >= 0.6 is 0 Å². The highest BCUT2D eigenvalue weighted by Crippen LogP contribution is 2.26. The van der Waals surface area contributed by atoms with Gasteiger partial charge in [0.2, 0.25) is 5.91 Å². The van der Waals surface area contributed by atoms with Crippen molar-refractivity contribution >= 4 is 17.6 Å². The first-order valence-electron chi connectivity index (χ1n) is 11.4. The molecule has 6 heteroatoms. The van der Waals surface area contributed by atoms with Gasteiger partial charge in [0.15, 0.2) is 0 Å². The Balaban J connectivity index is 1.41. The largest absolute Gasteiger partial charge is 0.343 e. The normalized spacial score (nSPS) is 15.0. The van der Waals surface area contributed by atoms with Gasteiger partial charge in [0.1, 0.15) is 0 Å². The number of nitrogens with one attached hydrogen (secondary N) is 1. The van der Waals surface area contributed by atoms with Crippen molar-refractivity contribution in [2.24, 2.45) is 5.92 Å². The molecule has 0 bridgehead atoms. The number of rotatable bonds is 5. The highest BCUT2D eigenvalue weighted by Gasteiger charge is 2.31. The molecule has 33 heavy (non-hydrogen) atoms. The van der Waals surface area contributed by atoms with E-state index in [0.717, 1.165) is 22.5 Å².